The second-order valence-electron chi connectivity index (χ2n) is 4.45. The van der Waals surface area contributed by atoms with Gasteiger partial charge in [-0.3, -0.25) is 0 Å². The molecule has 4 nitrogen and oxygen atoms in total. The summed E-state index contributed by atoms with van der Waals surface area (Å²) in [5, 5.41) is 1.21. The van der Waals surface area contributed by atoms with Crippen LogP contribution in [0, 0.1) is 12.5 Å². The van der Waals surface area contributed by atoms with Gasteiger partial charge in [0.15, 0.2) is 0 Å². The molecule has 2 heterocycles. The van der Waals surface area contributed by atoms with Crippen LogP contribution in [0.4, 0.5) is 0 Å². The van der Waals surface area contributed by atoms with Crippen LogP contribution in [0.1, 0.15) is 0 Å². The van der Waals surface area contributed by atoms with Crippen molar-refractivity contribution in [3.63, 3.8) is 0 Å². The third-order valence-electron chi connectivity index (χ3n) is 3.02. The van der Waals surface area contributed by atoms with Crippen molar-refractivity contribution in [1.29, 1.82) is 0 Å². The van der Waals surface area contributed by atoms with E-state index in [-0.39, 0.29) is 30.3 Å². The largest absolute Gasteiger partial charge is 2.00 e. The molecule has 0 N–H and O–H groups in total. The number of rotatable bonds is 0. The molecule has 2 aromatic heterocycles. The standard InChI is InChI=1S/2C9H5O2.Zn/c2*10-8-5-6-11-9-4-2-1-3-7(8)9;/h2*1-5H;/q2*-1;+2. The fourth-order valence-electron chi connectivity index (χ4n) is 1.97. The molecule has 0 aliphatic heterocycles. The Morgan fingerprint density at radius 2 is 1.04 bits per heavy atom. The van der Waals surface area contributed by atoms with Crippen LogP contribution in [0.2, 0.25) is 0 Å². The Morgan fingerprint density at radius 3 is 1.43 bits per heavy atom. The smallest absolute Gasteiger partial charge is 0.581 e. The van der Waals surface area contributed by atoms with E-state index in [4.69, 9.17) is 8.83 Å². The first-order valence-electron chi connectivity index (χ1n) is 6.53. The monoisotopic (exact) mass is 354 g/mol. The van der Waals surface area contributed by atoms with Gasteiger partial charge >= 0.3 is 19.5 Å². The summed E-state index contributed by atoms with van der Waals surface area (Å²) in [5.41, 5.74) is 1.07. The van der Waals surface area contributed by atoms with Gasteiger partial charge in [0, 0.05) is 11.2 Å². The summed E-state index contributed by atoms with van der Waals surface area (Å²) in [7, 11) is 0. The summed E-state index contributed by atoms with van der Waals surface area (Å²) in [4.78, 5) is 22.2. The Kier molecular flexibility index (Phi) is 5.61. The van der Waals surface area contributed by atoms with Gasteiger partial charge in [-0.15, -0.1) is 0 Å². The van der Waals surface area contributed by atoms with Gasteiger partial charge in [0.2, 0.25) is 0 Å². The van der Waals surface area contributed by atoms with Crippen LogP contribution in [0.5, 0.6) is 0 Å². The first-order chi connectivity index (χ1) is 10.8. The van der Waals surface area contributed by atoms with Gasteiger partial charge in [0.1, 0.15) is 0 Å². The molecule has 4 aromatic rings. The van der Waals surface area contributed by atoms with Gasteiger partial charge in [-0.1, -0.05) is 60.7 Å². The van der Waals surface area contributed by atoms with Gasteiger partial charge < -0.3 is 18.4 Å². The van der Waals surface area contributed by atoms with Crippen molar-refractivity contribution < 1.29 is 28.3 Å². The molecule has 0 unspecified atom stereocenters. The van der Waals surface area contributed by atoms with Crippen LogP contribution in [0.3, 0.4) is 0 Å². The van der Waals surface area contributed by atoms with E-state index < -0.39 is 0 Å². The number of hydrogen-bond acceptors (Lipinski definition) is 4. The van der Waals surface area contributed by atoms with Gasteiger partial charge in [-0.25, -0.2) is 0 Å². The van der Waals surface area contributed by atoms with Crippen molar-refractivity contribution in [2.24, 2.45) is 0 Å². The van der Waals surface area contributed by atoms with Crippen molar-refractivity contribution >= 4 is 21.9 Å². The summed E-state index contributed by atoms with van der Waals surface area (Å²) in [5.74, 6) is 0. The van der Waals surface area contributed by atoms with E-state index in [1.54, 1.807) is 36.4 Å². The Morgan fingerprint density at radius 1 is 0.652 bits per heavy atom. The number of benzene rings is 2. The third kappa shape index (κ3) is 3.82. The predicted molar refractivity (Wildman–Crippen MR) is 82.6 cm³/mol. The molecule has 23 heavy (non-hydrogen) atoms. The zero-order valence-corrected chi connectivity index (χ0v) is 15.1. The van der Waals surface area contributed by atoms with E-state index in [2.05, 4.69) is 12.5 Å². The van der Waals surface area contributed by atoms with Gasteiger partial charge in [-0.05, 0) is 23.3 Å². The Balaban J connectivity index is 0.000000160. The molecular formula is C18H10O4Zn. The number of hydrogen-bond donors (Lipinski definition) is 0. The van der Waals surface area contributed by atoms with Crippen LogP contribution in [0.15, 0.2) is 79.1 Å². The first-order valence-corrected chi connectivity index (χ1v) is 6.53. The minimum absolute atomic E-state index is 0. The first kappa shape index (κ1) is 16.8. The van der Waals surface area contributed by atoms with E-state index in [9.17, 15) is 9.59 Å². The molecule has 0 saturated carbocycles. The van der Waals surface area contributed by atoms with Crippen LogP contribution >= 0.6 is 0 Å². The maximum atomic E-state index is 11.1. The maximum absolute atomic E-state index is 11.1. The normalized spacial score (nSPS) is 9.74. The van der Waals surface area contributed by atoms with Crippen molar-refractivity contribution in [2.45, 2.75) is 0 Å². The quantitative estimate of drug-likeness (QED) is 0.359. The Hall–Kier alpha value is -2.52. The molecule has 0 aliphatic carbocycles. The topological polar surface area (TPSA) is 60.4 Å². The molecule has 4 rings (SSSR count). The van der Waals surface area contributed by atoms with Crippen LogP contribution < -0.4 is 10.9 Å². The Bertz CT molecular complexity index is 938. The van der Waals surface area contributed by atoms with Crippen molar-refractivity contribution in [1.82, 2.24) is 0 Å². The van der Waals surface area contributed by atoms with E-state index in [1.165, 1.54) is 12.1 Å². The number of fused-ring (bicyclic) bond motifs is 2. The zero-order valence-electron chi connectivity index (χ0n) is 12.1. The summed E-state index contributed by atoms with van der Waals surface area (Å²) < 4.78 is 9.93. The maximum Gasteiger partial charge on any atom is 2.00 e. The second kappa shape index (κ2) is 7.66. The number of para-hydroxylation sites is 2. The molecule has 0 atom stereocenters. The third-order valence-corrected chi connectivity index (χ3v) is 3.02. The molecule has 0 spiro atoms. The molecule has 0 fully saturated rings. The molecule has 0 aliphatic rings. The van der Waals surface area contributed by atoms with E-state index in [0.717, 1.165) is 0 Å². The molecule has 108 valence electrons. The summed E-state index contributed by atoms with van der Waals surface area (Å²) >= 11 is 0. The molecule has 5 heteroatoms. The van der Waals surface area contributed by atoms with Crippen LogP contribution in [-0.2, 0) is 19.5 Å². The van der Waals surface area contributed by atoms with Crippen LogP contribution in [-0.4, -0.2) is 0 Å². The molecule has 0 saturated heterocycles. The average Bonchev–Trinajstić information content (AvgIpc) is 2.57. The van der Waals surface area contributed by atoms with Gasteiger partial charge in [0.25, 0.3) is 0 Å². The molecule has 0 radical (unpaired) electrons. The summed E-state index contributed by atoms with van der Waals surface area (Å²) in [6, 6.07) is 16.8. The van der Waals surface area contributed by atoms with E-state index in [0.29, 0.717) is 21.9 Å². The molecule has 2 aromatic carbocycles. The summed E-state index contributed by atoms with van der Waals surface area (Å²) in [6.07, 6.45) is 4.83. The van der Waals surface area contributed by atoms with Crippen LogP contribution in [0.25, 0.3) is 21.9 Å². The van der Waals surface area contributed by atoms with Crippen molar-refractivity contribution in [3.8, 4) is 0 Å². The van der Waals surface area contributed by atoms with Gasteiger partial charge in [0.05, 0.1) is 10.9 Å². The molecule has 0 bridgehead atoms. The minimum Gasteiger partial charge on any atom is -0.581 e. The van der Waals surface area contributed by atoms with Crippen molar-refractivity contribution in [2.75, 3.05) is 0 Å². The fraction of sp³-hybridized carbons (Fsp3) is 0. The summed E-state index contributed by atoms with van der Waals surface area (Å²) in [6.45, 7) is 0. The minimum atomic E-state index is -0.0492. The average molecular weight is 356 g/mol. The van der Waals surface area contributed by atoms with Gasteiger partial charge in [-0.2, -0.15) is 0 Å². The molecular weight excluding hydrogens is 346 g/mol. The Labute approximate surface area is 144 Å². The fourth-order valence-corrected chi connectivity index (χ4v) is 1.97. The van der Waals surface area contributed by atoms with E-state index >= 15 is 0 Å². The second-order valence-corrected chi connectivity index (χ2v) is 4.45. The van der Waals surface area contributed by atoms with E-state index in [1.807, 2.05) is 12.1 Å². The molecule has 0 amide bonds. The van der Waals surface area contributed by atoms with Crippen molar-refractivity contribution in [3.05, 3.63) is 93.6 Å². The predicted octanol–water partition coefficient (Wildman–Crippen LogP) is 3.18. The SMILES string of the molecule is O=c1c[c-]oc2ccccc12.O=c1c[c-]oc2ccccc12.[Zn+2]. The zero-order chi connectivity index (χ0) is 15.4.